The lowest BCUT2D eigenvalue weighted by atomic mass is 9.80. The van der Waals surface area contributed by atoms with Crippen LogP contribution in [0.2, 0.25) is 0 Å². The van der Waals surface area contributed by atoms with Crippen molar-refractivity contribution in [3.8, 4) is 0 Å². The second-order valence-electron chi connectivity index (χ2n) is 8.74. The molecule has 0 aliphatic heterocycles. The van der Waals surface area contributed by atoms with E-state index in [-0.39, 0.29) is 6.10 Å². The van der Waals surface area contributed by atoms with E-state index in [0.29, 0.717) is 11.8 Å². The molecule has 2 atom stereocenters. The normalized spacial score (nSPS) is 28.9. The maximum Gasteiger partial charge on any atom is 0.141 e. The fourth-order valence-corrected chi connectivity index (χ4v) is 5.23. The SMILES string of the molecule is O[C@H]1CCCC[C@H]1CNCC1CCC(c2nnn3cnc4[nH]ccc4c23)CC1. The zero-order chi connectivity index (χ0) is 18.9. The molecule has 0 saturated heterocycles. The second-order valence-corrected chi connectivity index (χ2v) is 8.74. The minimum absolute atomic E-state index is 0.0987. The average molecular weight is 383 g/mol. The van der Waals surface area contributed by atoms with E-state index in [1.807, 2.05) is 10.7 Å². The van der Waals surface area contributed by atoms with Gasteiger partial charge in [-0.15, -0.1) is 5.10 Å². The van der Waals surface area contributed by atoms with Gasteiger partial charge >= 0.3 is 0 Å². The second kappa shape index (κ2) is 7.79. The molecule has 0 aromatic carbocycles. The van der Waals surface area contributed by atoms with E-state index in [1.165, 1.54) is 44.9 Å². The molecule has 3 heterocycles. The molecule has 3 aromatic heterocycles. The molecule has 2 fully saturated rings. The number of hydrogen-bond donors (Lipinski definition) is 3. The van der Waals surface area contributed by atoms with Gasteiger partial charge in [0.2, 0.25) is 0 Å². The van der Waals surface area contributed by atoms with Crippen molar-refractivity contribution >= 4 is 16.6 Å². The molecule has 3 N–H and O–H groups in total. The van der Waals surface area contributed by atoms with Gasteiger partial charge in [-0.05, 0) is 63.0 Å². The van der Waals surface area contributed by atoms with Gasteiger partial charge in [0, 0.05) is 24.0 Å². The lowest BCUT2D eigenvalue weighted by molar-refractivity contribution is 0.0688. The summed E-state index contributed by atoms with van der Waals surface area (Å²) >= 11 is 0. The summed E-state index contributed by atoms with van der Waals surface area (Å²) in [5.41, 5.74) is 3.14. The molecule has 3 aromatic rings. The Kier molecular flexibility index (Phi) is 5.03. The summed E-state index contributed by atoms with van der Waals surface area (Å²) in [6.07, 6.45) is 13.0. The Bertz CT molecular complexity index is 925. The van der Waals surface area contributed by atoms with Crippen LogP contribution in [0.4, 0.5) is 0 Å². The summed E-state index contributed by atoms with van der Waals surface area (Å²) < 4.78 is 1.81. The standard InChI is InChI=1S/C21H30N6O/c28-18-4-2-1-3-16(18)12-22-11-14-5-7-15(8-6-14)19-20-17-9-10-23-21(17)24-13-27(20)26-25-19/h9-10,13-16,18,22-23,28H,1-8,11-12H2/t14?,15?,16-,18-/m0/s1. The van der Waals surface area contributed by atoms with Gasteiger partial charge in [-0.25, -0.2) is 9.50 Å². The summed E-state index contributed by atoms with van der Waals surface area (Å²) in [4.78, 5) is 7.58. The smallest absolute Gasteiger partial charge is 0.141 e. The Labute approximate surface area is 164 Å². The Hall–Kier alpha value is -1.99. The van der Waals surface area contributed by atoms with E-state index in [0.717, 1.165) is 47.7 Å². The number of aromatic nitrogens is 5. The van der Waals surface area contributed by atoms with Crippen LogP contribution in [0.3, 0.4) is 0 Å². The number of aliphatic hydroxyl groups is 1. The molecule has 0 spiro atoms. The van der Waals surface area contributed by atoms with Crippen molar-refractivity contribution in [1.82, 2.24) is 30.1 Å². The lowest BCUT2D eigenvalue weighted by Gasteiger charge is -2.30. The van der Waals surface area contributed by atoms with Gasteiger partial charge in [0.05, 0.1) is 11.8 Å². The molecular formula is C21H30N6O. The number of H-pyrrole nitrogens is 1. The zero-order valence-corrected chi connectivity index (χ0v) is 16.3. The van der Waals surface area contributed by atoms with Gasteiger partial charge in [0.25, 0.3) is 0 Å². The monoisotopic (exact) mass is 382 g/mol. The number of nitrogens with one attached hydrogen (secondary N) is 2. The van der Waals surface area contributed by atoms with Crippen molar-refractivity contribution < 1.29 is 5.11 Å². The first-order valence-corrected chi connectivity index (χ1v) is 10.9. The van der Waals surface area contributed by atoms with E-state index in [4.69, 9.17) is 0 Å². The zero-order valence-electron chi connectivity index (χ0n) is 16.3. The molecule has 7 heteroatoms. The predicted molar refractivity (Wildman–Crippen MR) is 108 cm³/mol. The molecule has 0 unspecified atom stereocenters. The van der Waals surface area contributed by atoms with Crippen LogP contribution >= 0.6 is 0 Å². The molecule has 2 aliphatic rings. The number of aliphatic hydroxyl groups excluding tert-OH is 1. The first-order valence-electron chi connectivity index (χ1n) is 10.9. The lowest BCUT2D eigenvalue weighted by Crippen LogP contribution is -2.36. The van der Waals surface area contributed by atoms with Crippen molar-refractivity contribution in [3.63, 3.8) is 0 Å². The van der Waals surface area contributed by atoms with Crippen LogP contribution in [-0.2, 0) is 0 Å². The van der Waals surface area contributed by atoms with Crippen LogP contribution in [0.15, 0.2) is 18.6 Å². The van der Waals surface area contributed by atoms with Gasteiger partial charge in [-0.3, -0.25) is 0 Å². The number of aromatic amines is 1. The largest absolute Gasteiger partial charge is 0.393 e. The summed E-state index contributed by atoms with van der Waals surface area (Å²) in [5, 5.41) is 23.7. The van der Waals surface area contributed by atoms with Crippen LogP contribution in [0.5, 0.6) is 0 Å². The highest BCUT2D eigenvalue weighted by Crippen LogP contribution is 2.37. The summed E-state index contributed by atoms with van der Waals surface area (Å²) in [7, 11) is 0. The number of hydrogen-bond acceptors (Lipinski definition) is 5. The molecule has 0 bridgehead atoms. The Morgan fingerprint density at radius 2 is 1.96 bits per heavy atom. The third-order valence-electron chi connectivity index (χ3n) is 6.94. The van der Waals surface area contributed by atoms with Crippen molar-refractivity contribution in [2.24, 2.45) is 11.8 Å². The predicted octanol–water partition coefficient (Wildman–Crippen LogP) is 3.02. The highest BCUT2D eigenvalue weighted by molar-refractivity contribution is 5.92. The molecule has 7 nitrogen and oxygen atoms in total. The number of fused-ring (bicyclic) bond motifs is 3. The van der Waals surface area contributed by atoms with Crippen LogP contribution in [0, 0.1) is 11.8 Å². The minimum atomic E-state index is -0.0987. The van der Waals surface area contributed by atoms with Crippen molar-refractivity contribution in [3.05, 3.63) is 24.3 Å². The van der Waals surface area contributed by atoms with E-state index in [2.05, 4.69) is 31.7 Å². The average Bonchev–Trinajstić information content (AvgIpc) is 3.36. The van der Waals surface area contributed by atoms with Gasteiger partial charge in [0.15, 0.2) is 0 Å². The van der Waals surface area contributed by atoms with Gasteiger partial charge in [-0.1, -0.05) is 18.1 Å². The first kappa shape index (κ1) is 18.1. The maximum atomic E-state index is 10.1. The van der Waals surface area contributed by atoms with Crippen molar-refractivity contribution in [2.75, 3.05) is 13.1 Å². The number of nitrogens with zero attached hydrogens (tertiary/aromatic N) is 4. The minimum Gasteiger partial charge on any atom is -0.393 e. The van der Waals surface area contributed by atoms with E-state index >= 15 is 0 Å². The van der Waals surface area contributed by atoms with Gasteiger partial charge in [-0.2, -0.15) is 0 Å². The molecule has 2 aliphatic carbocycles. The third-order valence-corrected chi connectivity index (χ3v) is 6.94. The maximum absolute atomic E-state index is 10.1. The highest BCUT2D eigenvalue weighted by Gasteiger charge is 2.27. The third kappa shape index (κ3) is 3.42. The topological polar surface area (TPSA) is 91.1 Å². The Balaban J connectivity index is 1.18. The molecule has 5 rings (SSSR count). The van der Waals surface area contributed by atoms with E-state index in [1.54, 1.807) is 6.33 Å². The molecule has 2 saturated carbocycles. The van der Waals surface area contributed by atoms with Crippen molar-refractivity contribution in [1.29, 1.82) is 0 Å². The number of rotatable bonds is 5. The summed E-state index contributed by atoms with van der Waals surface area (Å²) in [6.45, 7) is 2.04. The van der Waals surface area contributed by atoms with E-state index < -0.39 is 0 Å². The Morgan fingerprint density at radius 3 is 2.82 bits per heavy atom. The van der Waals surface area contributed by atoms with Gasteiger partial charge in [0.1, 0.15) is 17.5 Å². The van der Waals surface area contributed by atoms with E-state index in [9.17, 15) is 5.11 Å². The quantitative estimate of drug-likeness (QED) is 0.631. The molecular weight excluding hydrogens is 352 g/mol. The van der Waals surface area contributed by atoms with Crippen LogP contribution in [0.1, 0.15) is 63.0 Å². The fraction of sp³-hybridized carbons (Fsp3) is 0.667. The molecule has 150 valence electrons. The Morgan fingerprint density at radius 1 is 1.11 bits per heavy atom. The molecule has 0 radical (unpaired) electrons. The van der Waals surface area contributed by atoms with Crippen molar-refractivity contribution in [2.45, 2.75) is 63.4 Å². The van der Waals surface area contributed by atoms with Crippen LogP contribution in [-0.4, -0.2) is 49.1 Å². The molecule has 28 heavy (non-hydrogen) atoms. The highest BCUT2D eigenvalue weighted by atomic mass is 16.3. The van der Waals surface area contributed by atoms with Crippen LogP contribution in [0.25, 0.3) is 16.6 Å². The fourth-order valence-electron chi connectivity index (χ4n) is 5.23. The summed E-state index contributed by atoms with van der Waals surface area (Å²) in [6, 6.07) is 2.07. The molecule has 0 amide bonds. The van der Waals surface area contributed by atoms with Crippen LogP contribution < -0.4 is 5.32 Å². The summed E-state index contributed by atoms with van der Waals surface area (Å²) in [5.74, 6) is 1.66. The first-order chi connectivity index (χ1) is 13.8. The van der Waals surface area contributed by atoms with Gasteiger partial charge < -0.3 is 15.4 Å².